The second-order valence-electron chi connectivity index (χ2n) is 5.57. The lowest BCUT2D eigenvalue weighted by Crippen LogP contribution is -2.30. The fraction of sp³-hybridized carbons (Fsp3) is 0.600. The number of rotatable bonds is 3. The lowest BCUT2D eigenvalue weighted by molar-refractivity contribution is -0.143. The number of pyridine rings is 1. The minimum atomic E-state index is -0.706. The van der Waals surface area contributed by atoms with Crippen LogP contribution in [0.15, 0.2) is 12.3 Å². The summed E-state index contributed by atoms with van der Waals surface area (Å²) < 4.78 is 0. The van der Waals surface area contributed by atoms with Crippen molar-refractivity contribution in [3.63, 3.8) is 0 Å². The van der Waals surface area contributed by atoms with E-state index in [4.69, 9.17) is 5.73 Å². The highest BCUT2D eigenvalue weighted by molar-refractivity contribution is 5.72. The second-order valence-corrected chi connectivity index (χ2v) is 5.57. The summed E-state index contributed by atoms with van der Waals surface area (Å²) in [6, 6.07) is 1.92. The number of aliphatic carboxylic acids is 1. The number of hydrogen-bond acceptors (Lipinski definition) is 3. The zero-order chi connectivity index (χ0) is 14.0. The van der Waals surface area contributed by atoms with Gasteiger partial charge in [-0.1, -0.05) is 13.3 Å². The van der Waals surface area contributed by atoms with Crippen molar-refractivity contribution in [2.75, 3.05) is 5.73 Å². The van der Waals surface area contributed by atoms with Crippen molar-refractivity contribution in [2.24, 2.45) is 11.8 Å². The van der Waals surface area contributed by atoms with Gasteiger partial charge in [0.15, 0.2) is 0 Å². The van der Waals surface area contributed by atoms with Gasteiger partial charge in [-0.3, -0.25) is 4.79 Å². The summed E-state index contributed by atoms with van der Waals surface area (Å²) in [5.74, 6) is 0.0627. The summed E-state index contributed by atoms with van der Waals surface area (Å²) in [6.07, 6.45) is 5.44. The summed E-state index contributed by atoms with van der Waals surface area (Å²) >= 11 is 0. The van der Waals surface area contributed by atoms with Gasteiger partial charge in [-0.05, 0) is 43.7 Å². The molecule has 1 heterocycles. The molecular weight excluding hydrogens is 240 g/mol. The van der Waals surface area contributed by atoms with E-state index in [1.54, 1.807) is 6.20 Å². The Morgan fingerprint density at radius 1 is 1.53 bits per heavy atom. The molecule has 19 heavy (non-hydrogen) atoms. The standard InChI is InChI=1S/C15H22N2O2/c1-3-10-4-5-11(15(18)19)12(8-10)13-9(2)6-7-17-14(13)16/h6-7,10-12H,3-5,8H2,1-2H3,(H2,16,17)(H,18,19). The van der Waals surface area contributed by atoms with Crippen LogP contribution in [0.4, 0.5) is 5.82 Å². The Kier molecular flexibility index (Phi) is 4.08. The SMILES string of the molecule is CCC1CCC(C(=O)O)C(c2c(C)ccnc2N)C1. The Balaban J connectivity index is 2.39. The zero-order valence-electron chi connectivity index (χ0n) is 11.6. The molecule has 104 valence electrons. The van der Waals surface area contributed by atoms with Crippen LogP contribution in [0.2, 0.25) is 0 Å². The van der Waals surface area contributed by atoms with Crippen LogP contribution in [0.5, 0.6) is 0 Å². The summed E-state index contributed by atoms with van der Waals surface area (Å²) in [7, 11) is 0. The topological polar surface area (TPSA) is 76.2 Å². The predicted molar refractivity (Wildman–Crippen MR) is 74.9 cm³/mol. The van der Waals surface area contributed by atoms with Crippen LogP contribution < -0.4 is 5.73 Å². The second kappa shape index (κ2) is 5.59. The van der Waals surface area contributed by atoms with Crippen LogP contribution in [-0.4, -0.2) is 16.1 Å². The highest BCUT2D eigenvalue weighted by Crippen LogP contribution is 2.44. The number of nitrogens with zero attached hydrogens (tertiary/aromatic N) is 1. The van der Waals surface area contributed by atoms with E-state index in [2.05, 4.69) is 11.9 Å². The monoisotopic (exact) mass is 262 g/mol. The van der Waals surface area contributed by atoms with Gasteiger partial charge in [-0.25, -0.2) is 4.98 Å². The molecule has 1 saturated carbocycles. The van der Waals surface area contributed by atoms with E-state index < -0.39 is 5.97 Å². The molecule has 2 rings (SSSR count). The molecule has 1 fully saturated rings. The van der Waals surface area contributed by atoms with Gasteiger partial charge in [0, 0.05) is 17.7 Å². The summed E-state index contributed by atoms with van der Waals surface area (Å²) in [4.78, 5) is 15.6. The van der Waals surface area contributed by atoms with Gasteiger partial charge >= 0.3 is 5.97 Å². The molecule has 0 aliphatic heterocycles. The number of anilines is 1. The maximum Gasteiger partial charge on any atom is 0.307 e. The van der Waals surface area contributed by atoms with E-state index in [-0.39, 0.29) is 11.8 Å². The summed E-state index contributed by atoms with van der Waals surface area (Å²) in [6.45, 7) is 4.16. The lowest BCUT2D eigenvalue weighted by Gasteiger charge is -2.35. The number of carbonyl (C=O) groups is 1. The molecular formula is C15H22N2O2. The number of aryl methyl sites for hydroxylation is 1. The summed E-state index contributed by atoms with van der Waals surface area (Å²) in [5.41, 5.74) is 8.01. The van der Waals surface area contributed by atoms with Crippen LogP contribution in [0, 0.1) is 18.8 Å². The van der Waals surface area contributed by atoms with Gasteiger partial charge in [0.05, 0.1) is 5.92 Å². The third-order valence-corrected chi connectivity index (χ3v) is 4.46. The molecule has 0 aromatic carbocycles. The highest BCUT2D eigenvalue weighted by atomic mass is 16.4. The van der Waals surface area contributed by atoms with Crippen LogP contribution in [0.1, 0.15) is 49.7 Å². The fourth-order valence-electron chi connectivity index (χ4n) is 3.32. The van der Waals surface area contributed by atoms with E-state index in [1.807, 2.05) is 13.0 Å². The molecule has 0 amide bonds. The molecule has 1 aromatic heterocycles. The molecule has 4 nitrogen and oxygen atoms in total. The van der Waals surface area contributed by atoms with E-state index in [9.17, 15) is 9.90 Å². The number of carboxylic acid groups (broad SMARTS) is 1. The maximum atomic E-state index is 11.5. The molecule has 1 aliphatic carbocycles. The molecule has 3 atom stereocenters. The average molecular weight is 262 g/mol. The molecule has 0 bridgehead atoms. The first-order valence-corrected chi connectivity index (χ1v) is 6.98. The first kappa shape index (κ1) is 13.8. The Bertz CT molecular complexity index is 453. The van der Waals surface area contributed by atoms with Crippen molar-refractivity contribution in [3.8, 4) is 0 Å². The molecule has 1 aliphatic rings. The molecule has 0 saturated heterocycles. The maximum absolute atomic E-state index is 11.5. The van der Waals surface area contributed by atoms with E-state index in [0.717, 1.165) is 36.8 Å². The van der Waals surface area contributed by atoms with Crippen molar-refractivity contribution in [3.05, 3.63) is 23.4 Å². The molecule has 3 N–H and O–H groups in total. The van der Waals surface area contributed by atoms with Gasteiger partial charge in [0.2, 0.25) is 0 Å². The van der Waals surface area contributed by atoms with E-state index in [0.29, 0.717) is 11.7 Å². The van der Waals surface area contributed by atoms with Gasteiger partial charge in [-0.2, -0.15) is 0 Å². The highest BCUT2D eigenvalue weighted by Gasteiger charge is 2.37. The first-order valence-electron chi connectivity index (χ1n) is 6.98. The zero-order valence-corrected chi connectivity index (χ0v) is 11.6. The van der Waals surface area contributed by atoms with Crippen LogP contribution in [0.3, 0.4) is 0 Å². The third kappa shape index (κ3) is 2.72. The minimum Gasteiger partial charge on any atom is -0.481 e. The fourth-order valence-corrected chi connectivity index (χ4v) is 3.32. The number of hydrogen-bond donors (Lipinski definition) is 2. The molecule has 3 unspecified atom stereocenters. The first-order chi connectivity index (χ1) is 9.04. The van der Waals surface area contributed by atoms with E-state index in [1.165, 1.54) is 0 Å². The summed E-state index contributed by atoms with van der Waals surface area (Å²) in [5, 5.41) is 9.45. The van der Waals surface area contributed by atoms with Crippen molar-refractivity contribution < 1.29 is 9.90 Å². The van der Waals surface area contributed by atoms with Crippen LogP contribution >= 0.6 is 0 Å². The molecule has 4 heteroatoms. The Morgan fingerprint density at radius 2 is 2.26 bits per heavy atom. The largest absolute Gasteiger partial charge is 0.481 e. The normalized spacial score (nSPS) is 27.2. The quantitative estimate of drug-likeness (QED) is 0.878. The number of aromatic nitrogens is 1. The van der Waals surface area contributed by atoms with Crippen molar-refractivity contribution in [1.29, 1.82) is 0 Å². The minimum absolute atomic E-state index is 0.00454. The molecule has 0 spiro atoms. The van der Waals surface area contributed by atoms with Gasteiger partial charge < -0.3 is 10.8 Å². The van der Waals surface area contributed by atoms with Gasteiger partial charge in [0.25, 0.3) is 0 Å². The number of nitrogens with two attached hydrogens (primary N) is 1. The number of nitrogen functional groups attached to an aromatic ring is 1. The van der Waals surface area contributed by atoms with Crippen molar-refractivity contribution in [1.82, 2.24) is 4.98 Å². The Labute approximate surface area is 114 Å². The smallest absolute Gasteiger partial charge is 0.307 e. The Hall–Kier alpha value is -1.58. The molecule has 0 radical (unpaired) electrons. The lowest BCUT2D eigenvalue weighted by atomic mass is 9.69. The van der Waals surface area contributed by atoms with Crippen molar-refractivity contribution in [2.45, 2.75) is 45.4 Å². The number of carboxylic acids is 1. The average Bonchev–Trinajstić information content (AvgIpc) is 2.38. The van der Waals surface area contributed by atoms with Gasteiger partial charge in [0.1, 0.15) is 5.82 Å². The van der Waals surface area contributed by atoms with Crippen molar-refractivity contribution >= 4 is 11.8 Å². The Morgan fingerprint density at radius 3 is 2.84 bits per heavy atom. The van der Waals surface area contributed by atoms with E-state index >= 15 is 0 Å². The van der Waals surface area contributed by atoms with Crippen LogP contribution in [0.25, 0.3) is 0 Å². The molecule has 1 aromatic rings. The van der Waals surface area contributed by atoms with Crippen LogP contribution in [-0.2, 0) is 4.79 Å². The van der Waals surface area contributed by atoms with Gasteiger partial charge in [-0.15, -0.1) is 0 Å². The predicted octanol–water partition coefficient (Wildman–Crippen LogP) is 2.97. The third-order valence-electron chi connectivity index (χ3n) is 4.46.